The van der Waals surface area contributed by atoms with Crippen LogP contribution in [0.15, 0.2) is 18.6 Å². The Balaban J connectivity index is 1.83. The second-order valence-electron chi connectivity index (χ2n) is 5.96. The van der Waals surface area contributed by atoms with E-state index in [1.807, 2.05) is 6.92 Å². The van der Waals surface area contributed by atoms with Crippen molar-refractivity contribution in [2.24, 2.45) is 0 Å². The Morgan fingerprint density at radius 3 is 2.88 bits per heavy atom. The number of aromatic amines is 1. The maximum Gasteiger partial charge on any atom is 0.339 e. The first-order chi connectivity index (χ1) is 12.1. The van der Waals surface area contributed by atoms with Gasteiger partial charge in [-0.25, -0.2) is 14.8 Å². The molecule has 7 heteroatoms. The molecule has 0 aliphatic heterocycles. The maximum atomic E-state index is 11.5. The predicted molar refractivity (Wildman–Crippen MR) is 102 cm³/mol. The first-order valence-corrected chi connectivity index (χ1v) is 9.80. The molecule has 0 spiro atoms. The molecule has 0 radical (unpaired) electrons. The molecule has 0 amide bonds. The molecule has 2 rings (SSSR count). The fourth-order valence-corrected chi connectivity index (χ4v) is 3.35. The van der Waals surface area contributed by atoms with Gasteiger partial charge in [-0.1, -0.05) is 19.8 Å². The second-order valence-corrected chi connectivity index (χ2v) is 7.06. The van der Waals surface area contributed by atoms with Gasteiger partial charge in [0.25, 0.3) is 0 Å². The average Bonchev–Trinajstić information content (AvgIpc) is 3.00. The molecule has 2 aromatic heterocycles. The standard InChI is InChI=1S/C18H26N4O2S/c1-3-4-5-6-14-9-15(18(23)24)17(20-10-14)19-7-8-25-11-16-13(2)21-12-22-16/h9-10,12H,3-8,11H2,1-2H3,(H,19,20)(H,21,22)(H,23,24). The molecule has 25 heavy (non-hydrogen) atoms. The molecule has 0 bridgehead atoms. The van der Waals surface area contributed by atoms with E-state index in [1.165, 1.54) is 0 Å². The van der Waals surface area contributed by atoms with Crippen LogP contribution in [0.4, 0.5) is 5.82 Å². The number of pyridine rings is 1. The summed E-state index contributed by atoms with van der Waals surface area (Å²) in [4.78, 5) is 23.1. The highest BCUT2D eigenvalue weighted by molar-refractivity contribution is 7.98. The lowest BCUT2D eigenvalue weighted by Crippen LogP contribution is -2.12. The summed E-state index contributed by atoms with van der Waals surface area (Å²) in [6.45, 7) is 4.82. The molecule has 0 saturated carbocycles. The van der Waals surface area contributed by atoms with Crippen LogP contribution in [0.2, 0.25) is 0 Å². The Hall–Kier alpha value is -2.02. The van der Waals surface area contributed by atoms with Gasteiger partial charge in [-0.2, -0.15) is 11.8 Å². The Kier molecular flexibility index (Phi) is 7.78. The number of aryl methyl sites for hydroxylation is 2. The zero-order valence-corrected chi connectivity index (χ0v) is 15.7. The number of hydrogen-bond acceptors (Lipinski definition) is 5. The van der Waals surface area contributed by atoms with Gasteiger partial charge in [-0.05, 0) is 31.4 Å². The van der Waals surface area contributed by atoms with Crippen LogP contribution in [0, 0.1) is 6.92 Å². The topological polar surface area (TPSA) is 90.9 Å². The third-order valence-corrected chi connectivity index (χ3v) is 4.93. The average molecular weight is 362 g/mol. The number of nitrogens with one attached hydrogen (secondary N) is 2. The monoisotopic (exact) mass is 362 g/mol. The van der Waals surface area contributed by atoms with Crippen LogP contribution >= 0.6 is 11.8 Å². The number of nitrogens with zero attached hydrogens (tertiary/aromatic N) is 2. The fraction of sp³-hybridized carbons (Fsp3) is 0.500. The Labute approximate surface area is 152 Å². The molecule has 0 aliphatic carbocycles. The number of thioether (sulfide) groups is 1. The van der Waals surface area contributed by atoms with Gasteiger partial charge >= 0.3 is 5.97 Å². The van der Waals surface area contributed by atoms with E-state index in [1.54, 1.807) is 30.4 Å². The number of anilines is 1. The quantitative estimate of drug-likeness (QED) is 0.525. The highest BCUT2D eigenvalue weighted by Gasteiger charge is 2.12. The van der Waals surface area contributed by atoms with Gasteiger partial charge in [0.2, 0.25) is 0 Å². The van der Waals surface area contributed by atoms with Gasteiger partial charge in [0.05, 0.1) is 12.0 Å². The van der Waals surface area contributed by atoms with E-state index in [0.29, 0.717) is 12.4 Å². The molecule has 3 N–H and O–H groups in total. The predicted octanol–water partition coefficient (Wildman–Crippen LogP) is 3.89. The van der Waals surface area contributed by atoms with Gasteiger partial charge in [0.15, 0.2) is 0 Å². The number of carbonyl (C=O) groups is 1. The highest BCUT2D eigenvalue weighted by atomic mass is 32.2. The van der Waals surface area contributed by atoms with Crippen LogP contribution < -0.4 is 5.32 Å². The number of carboxylic acid groups (broad SMARTS) is 1. The summed E-state index contributed by atoms with van der Waals surface area (Å²) in [5, 5.41) is 12.6. The van der Waals surface area contributed by atoms with E-state index >= 15 is 0 Å². The van der Waals surface area contributed by atoms with Crippen molar-refractivity contribution in [3.63, 3.8) is 0 Å². The largest absolute Gasteiger partial charge is 0.478 e. The van der Waals surface area contributed by atoms with Crippen LogP contribution in [-0.4, -0.2) is 38.3 Å². The van der Waals surface area contributed by atoms with Crippen LogP contribution in [0.5, 0.6) is 0 Å². The van der Waals surface area contributed by atoms with E-state index in [-0.39, 0.29) is 5.56 Å². The van der Waals surface area contributed by atoms with Gasteiger partial charge in [-0.15, -0.1) is 0 Å². The molecule has 0 fully saturated rings. The minimum atomic E-state index is -0.938. The van der Waals surface area contributed by atoms with Crippen molar-refractivity contribution in [3.05, 3.63) is 41.1 Å². The number of aromatic carboxylic acids is 1. The van der Waals surface area contributed by atoms with E-state index < -0.39 is 5.97 Å². The Morgan fingerprint density at radius 1 is 1.36 bits per heavy atom. The summed E-state index contributed by atoms with van der Waals surface area (Å²) < 4.78 is 0. The smallest absolute Gasteiger partial charge is 0.339 e. The van der Waals surface area contributed by atoms with Crippen molar-refractivity contribution in [1.82, 2.24) is 15.0 Å². The van der Waals surface area contributed by atoms with E-state index in [2.05, 4.69) is 27.2 Å². The molecular formula is C18H26N4O2S. The number of rotatable bonds is 11. The molecule has 6 nitrogen and oxygen atoms in total. The molecule has 0 atom stereocenters. The number of imidazole rings is 1. The third kappa shape index (κ3) is 6.08. The first-order valence-electron chi connectivity index (χ1n) is 8.64. The molecule has 0 aromatic carbocycles. The summed E-state index contributed by atoms with van der Waals surface area (Å²) in [5.74, 6) is 1.20. The third-order valence-electron chi connectivity index (χ3n) is 3.96. The van der Waals surface area contributed by atoms with Crippen LogP contribution in [0.1, 0.15) is 53.5 Å². The zero-order valence-electron chi connectivity index (χ0n) is 14.8. The molecular weight excluding hydrogens is 336 g/mol. The number of aromatic nitrogens is 3. The fourth-order valence-electron chi connectivity index (χ4n) is 2.47. The van der Waals surface area contributed by atoms with Crippen molar-refractivity contribution in [2.45, 2.75) is 45.3 Å². The van der Waals surface area contributed by atoms with Crippen molar-refractivity contribution in [3.8, 4) is 0 Å². The molecule has 0 saturated heterocycles. The first kappa shape index (κ1) is 19.3. The Bertz CT molecular complexity index is 687. The van der Waals surface area contributed by atoms with Crippen LogP contribution in [0.3, 0.4) is 0 Å². The van der Waals surface area contributed by atoms with Gasteiger partial charge in [-0.3, -0.25) is 0 Å². The van der Waals surface area contributed by atoms with Crippen molar-refractivity contribution < 1.29 is 9.90 Å². The summed E-state index contributed by atoms with van der Waals surface area (Å²) in [7, 11) is 0. The van der Waals surface area contributed by atoms with E-state index in [0.717, 1.165) is 54.1 Å². The van der Waals surface area contributed by atoms with E-state index in [4.69, 9.17) is 0 Å². The van der Waals surface area contributed by atoms with Crippen molar-refractivity contribution >= 4 is 23.5 Å². The normalized spacial score (nSPS) is 10.8. The van der Waals surface area contributed by atoms with Crippen molar-refractivity contribution in [2.75, 3.05) is 17.6 Å². The summed E-state index contributed by atoms with van der Waals surface area (Å²) in [6, 6.07) is 1.74. The molecule has 136 valence electrons. The number of unbranched alkanes of at least 4 members (excludes halogenated alkanes) is 2. The van der Waals surface area contributed by atoms with E-state index in [9.17, 15) is 9.90 Å². The van der Waals surface area contributed by atoms with Crippen molar-refractivity contribution in [1.29, 1.82) is 0 Å². The van der Waals surface area contributed by atoms with Gasteiger partial charge < -0.3 is 15.4 Å². The summed E-state index contributed by atoms with van der Waals surface area (Å²) in [6.07, 6.45) is 7.72. The summed E-state index contributed by atoms with van der Waals surface area (Å²) in [5.41, 5.74) is 3.39. The lowest BCUT2D eigenvalue weighted by Gasteiger charge is -2.10. The van der Waals surface area contributed by atoms with Gasteiger partial charge in [0, 0.05) is 29.9 Å². The molecule has 2 aromatic rings. The van der Waals surface area contributed by atoms with Crippen LogP contribution in [0.25, 0.3) is 0 Å². The number of carboxylic acids is 1. The molecule has 2 heterocycles. The lowest BCUT2D eigenvalue weighted by molar-refractivity contribution is 0.0697. The van der Waals surface area contributed by atoms with Gasteiger partial charge in [0.1, 0.15) is 11.4 Å². The number of H-pyrrole nitrogens is 1. The second kappa shape index (κ2) is 10.1. The lowest BCUT2D eigenvalue weighted by atomic mass is 10.1. The molecule has 0 aliphatic rings. The molecule has 0 unspecified atom stereocenters. The Morgan fingerprint density at radius 2 is 2.20 bits per heavy atom. The SMILES string of the molecule is CCCCCc1cnc(NCCSCc2nc[nH]c2C)c(C(=O)O)c1. The maximum absolute atomic E-state index is 11.5. The minimum absolute atomic E-state index is 0.252. The highest BCUT2D eigenvalue weighted by Crippen LogP contribution is 2.17. The zero-order chi connectivity index (χ0) is 18.1. The summed E-state index contributed by atoms with van der Waals surface area (Å²) >= 11 is 1.76. The minimum Gasteiger partial charge on any atom is -0.478 e. The number of hydrogen-bond donors (Lipinski definition) is 3. The van der Waals surface area contributed by atoms with Crippen LogP contribution in [-0.2, 0) is 12.2 Å².